The fourth-order valence-corrected chi connectivity index (χ4v) is 3.39. The molecular formula is C19H24N2O4S. The number of anilines is 1. The number of hydrogen-bond donors (Lipinski definition) is 1. The molecule has 0 atom stereocenters. The Labute approximate surface area is 154 Å². The van der Waals surface area contributed by atoms with Crippen molar-refractivity contribution in [3.63, 3.8) is 0 Å². The second-order valence-corrected chi connectivity index (χ2v) is 7.82. The average molecular weight is 376 g/mol. The maximum absolute atomic E-state index is 12.1. The highest BCUT2D eigenvalue weighted by Gasteiger charge is 2.20. The molecule has 2 aromatic carbocycles. The van der Waals surface area contributed by atoms with Gasteiger partial charge in [-0.2, -0.15) is 0 Å². The molecule has 0 saturated carbocycles. The Balaban J connectivity index is 1.85. The van der Waals surface area contributed by atoms with Gasteiger partial charge in [-0.3, -0.25) is 9.10 Å². The molecule has 0 spiro atoms. The number of nitrogens with zero attached hydrogens (tertiary/aromatic N) is 1. The van der Waals surface area contributed by atoms with Crippen LogP contribution in [0.25, 0.3) is 0 Å². The lowest BCUT2D eigenvalue weighted by Crippen LogP contribution is -2.40. The fraction of sp³-hybridized carbons (Fsp3) is 0.316. The molecule has 0 aliphatic heterocycles. The van der Waals surface area contributed by atoms with Gasteiger partial charge in [0.1, 0.15) is 12.3 Å². The van der Waals surface area contributed by atoms with E-state index >= 15 is 0 Å². The first kappa shape index (κ1) is 19.8. The monoisotopic (exact) mass is 376 g/mol. The fourth-order valence-electron chi connectivity index (χ4n) is 2.53. The van der Waals surface area contributed by atoms with E-state index in [0.29, 0.717) is 12.2 Å². The van der Waals surface area contributed by atoms with Crippen LogP contribution in [0.4, 0.5) is 5.69 Å². The van der Waals surface area contributed by atoms with Crippen LogP contribution in [0.1, 0.15) is 12.0 Å². The second-order valence-electron chi connectivity index (χ2n) is 5.91. The highest BCUT2D eigenvalue weighted by Crippen LogP contribution is 2.16. The molecule has 0 aliphatic carbocycles. The van der Waals surface area contributed by atoms with Crippen molar-refractivity contribution < 1.29 is 17.9 Å². The van der Waals surface area contributed by atoms with Gasteiger partial charge in [-0.1, -0.05) is 30.3 Å². The van der Waals surface area contributed by atoms with Gasteiger partial charge < -0.3 is 10.1 Å². The van der Waals surface area contributed by atoms with E-state index < -0.39 is 10.0 Å². The van der Waals surface area contributed by atoms with Crippen molar-refractivity contribution in [1.82, 2.24) is 5.32 Å². The molecule has 2 aromatic rings. The van der Waals surface area contributed by atoms with E-state index in [1.807, 2.05) is 24.3 Å². The van der Waals surface area contributed by atoms with Gasteiger partial charge >= 0.3 is 0 Å². The second kappa shape index (κ2) is 9.24. The highest BCUT2D eigenvalue weighted by molar-refractivity contribution is 7.92. The summed E-state index contributed by atoms with van der Waals surface area (Å²) in [6.07, 6.45) is 2.64. The van der Waals surface area contributed by atoms with Gasteiger partial charge in [0.05, 0.1) is 19.1 Å². The number of para-hydroxylation sites is 1. The molecule has 0 saturated heterocycles. The van der Waals surface area contributed by atoms with Crippen LogP contribution in [0.15, 0.2) is 54.6 Å². The van der Waals surface area contributed by atoms with Crippen LogP contribution in [-0.2, 0) is 21.2 Å². The van der Waals surface area contributed by atoms with E-state index in [2.05, 4.69) is 5.32 Å². The van der Waals surface area contributed by atoms with Crippen LogP contribution in [0.3, 0.4) is 0 Å². The molecule has 0 bridgehead atoms. The Hall–Kier alpha value is -2.54. The summed E-state index contributed by atoms with van der Waals surface area (Å²) in [7, 11) is -1.91. The van der Waals surface area contributed by atoms with E-state index in [-0.39, 0.29) is 12.5 Å². The zero-order valence-electron chi connectivity index (χ0n) is 15.0. The summed E-state index contributed by atoms with van der Waals surface area (Å²) in [5.41, 5.74) is 1.60. The minimum Gasteiger partial charge on any atom is -0.497 e. The lowest BCUT2D eigenvalue weighted by molar-refractivity contribution is -0.119. The van der Waals surface area contributed by atoms with Crippen molar-refractivity contribution in [2.24, 2.45) is 0 Å². The average Bonchev–Trinajstić information content (AvgIpc) is 2.63. The van der Waals surface area contributed by atoms with Gasteiger partial charge in [-0.05, 0) is 42.7 Å². The van der Waals surface area contributed by atoms with Crippen molar-refractivity contribution >= 4 is 21.6 Å². The molecular weight excluding hydrogens is 352 g/mol. The van der Waals surface area contributed by atoms with Gasteiger partial charge in [-0.25, -0.2) is 8.42 Å². The lowest BCUT2D eigenvalue weighted by atomic mass is 10.1. The minimum atomic E-state index is -3.54. The third-order valence-corrected chi connectivity index (χ3v) is 4.97. The van der Waals surface area contributed by atoms with Crippen molar-refractivity contribution in [3.8, 4) is 5.75 Å². The lowest BCUT2D eigenvalue weighted by Gasteiger charge is -2.21. The van der Waals surface area contributed by atoms with E-state index in [1.165, 1.54) is 0 Å². The number of benzene rings is 2. The zero-order chi connectivity index (χ0) is 19.0. The summed E-state index contributed by atoms with van der Waals surface area (Å²) >= 11 is 0. The topological polar surface area (TPSA) is 75.7 Å². The predicted octanol–water partition coefficient (Wildman–Crippen LogP) is 2.21. The minimum absolute atomic E-state index is 0.234. The Kier molecular flexibility index (Phi) is 7.03. The standard InChI is InChI=1S/C19H24N2O4S/c1-25-18-12-6-8-16(14-18)9-7-13-20-19(22)15-21(26(2,23)24)17-10-4-3-5-11-17/h3-6,8,10-12,14H,7,9,13,15H2,1-2H3,(H,20,22). The number of carbonyl (C=O) groups excluding carboxylic acids is 1. The van der Waals surface area contributed by atoms with Crippen molar-refractivity contribution in [1.29, 1.82) is 0 Å². The van der Waals surface area contributed by atoms with E-state index in [9.17, 15) is 13.2 Å². The number of nitrogens with one attached hydrogen (secondary N) is 1. The smallest absolute Gasteiger partial charge is 0.240 e. The van der Waals surface area contributed by atoms with Gasteiger partial charge in [0.2, 0.25) is 15.9 Å². The molecule has 2 rings (SSSR count). The van der Waals surface area contributed by atoms with Gasteiger partial charge in [0.15, 0.2) is 0 Å². The Morgan fingerprint density at radius 2 is 1.85 bits per heavy atom. The van der Waals surface area contributed by atoms with Crippen LogP contribution in [0.5, 0.6) is 5.75 Å². The van der Waals surface area contributed by atoms with E-state index in [1.54, 1.807) is 37.4 Å². The predicted molar refractivity (Wildman–Crippen MR) is 103 cm³/mol. The van der Waals surface area contributed by atoms with E-state index in [4.69, 9.17) is 4.74 Å². The largest absolute Gasteiger partial charge is 0.497 e. The number of hydrogen-bond acceptors (Lipinski definition) is 4. The first-order valence-electron chi connectivity index (χ1n) is 8.32. The van der Waals surface area contributed by atoms with E-state index in [0.717, 1.165) is 34.7 Å². The molecule has 6 nitrogen and oxygen atoms in total. The van der Waals surface area contributed by atoms with Crippen LogP contribution < -0.4 is 14.4 Å². The number of amides is 1. The number of sulfonamides is 1. The third-order valence-electron chi connectivity index (χ3n) is 3.83. The van der Waals surface area contributed by atoms with Gasteiger partial charge in [0.25, 0.3) is 0 Å². The number of ether oxygens (including phenoxy) is 1. The summed E-state index contributed by atoms with van der Waals surface area (Å²) in [6, 6.07) is 16.4. The Morgan fingerprint density at radius 3 is 2.50 bits per heavy atom. The number of rotatable bonds is 9. The molecule has 26 heavy (non-hydrogen) atoms. The summed E-state index contributed by atoms with van der Waals surface area (Å²) in [4.78, 5) is 12.1. The first-order valence-corrected chi connectivity index (χ1v) is 10.2. The van der Waals surface area contributed by atoms with Gasteiger partial charge in [-0.15, -0.1) is 0 Å². The molecule has 0 aliphatic rings. The summed E-state index contributed by atoms with van der Waals surface area (Å²) in [5.74, 6) is 0.475. The molecule has 0 unspecified atom stereocenters. The van der Waals surface area contributed by atoms with Crippen LogP contribution >= 0.6 is 0 Å². The zero-order valence-corrected chi connectivity index (χ0v) is 15.8. The maximum Gasteiger partial charge on any atom is 0.240 e. The third kappa shape index (κ3) is 6.07. The number of methoxy groups -OCH3 is 1. The first-order chi connectivity index (χ1) is 12.4. The molecule has 0 radical (unpaired) electrons. The summed E-state index contributed by atoms with van der Waals surface area (Å²) in [6.45, 7) is 0.241. The Morgan fingerprint density at radius 1 is 1.12 bits per heavy atom. The van der Waals surface area contributed by atoms with Crippen molar-refractivity contribution in [3.05, 3.63) is 60.2 Å². The molecule has 0 aromatic heterocycles. The molecule has 1 N–H and O–H groups in total. The van der Waals surface area contributed by atoms with Crippen molar-refractivity contribution in [2.45, 2.75) is 12.8 Å². The highest BCUT2D eigenvalue weighted by atomic mass is 32.2. The maximum atomic E-state index is 12.1. The summed E-state index contributed by atoms with van der Waals surface area (Å²) in [5, 5.41) is 2.78. The number of aryl methyl sites for hydroxylation is 1. The van der Waals surface area contributed by atoms with Crippen LogP contribution in [0.2, 0.25) is 0 Å². The molecule has 1 amide bonds. The SMILES string of the molecule is COc1cccc(CCCNC(=O)CN(c2ccccc2)S(C)(=O)=O)c1. The van der Waals surface area contributed by atoms with Crippen LogP contribution in [0, 0.1) is 0 Å². The Bertz CT molecular complexity index is 822. The normalized spacial score (nSPS) is 11.0. The van der Waals surface area contributed by atoms with Gasteiger partial charge in [0, 0.05) is 6.54 Å². The molecule has 0 fully saturated rings. The molecule has 0 heterocycles. The molecule has 7 heteroatoms. The quantitative estimate of drug-likeness (QED) is 0.681. The van der Waals surface area contributed by atoms with Crippen LogP contribution in [-0.4, -0.2) is 40.8 Å². The molecule has 140 valence electrons. The van der Waals surface area contributed by atoms with Crippen molar-refractivity contribution in [2.75, 3.05) is 30.8 Å². The summed E-state index contributed by atoms with van der Waals surface area (Å²) < 4.78 is 30.2. The number of carbonyl (C=O) groups is 1.